The van der Waals surface area contributed by atoms with Crippen LogP contribution >= 0.6 is 34.9 Å². The van der Waals surface area contributed by atoms with Gasteiger partial charge in [-0.05, 0) is 33.9 Å². The second-order valence-electron chi connectivity index (χ2n) is 8.15. The Morgan fingerprint density at radius 1 is 1.35 bits per heavy atom. The minimum absolute atomic E-state index is 0.0352. The number of nitrogens with one attached hydrogen (secondary N) is 2. The number of sulfonamides is 1. The van der Waals surface area contributed by atoms with Crippen LogP contribution in [0, 0.1) is 0 Å². The third-order valence-corrected chi connectivity index (χ3v) is 10.1. The van der Waals surface area contributed by atoms with Crippen LogP contribution in [-0.2, 0) is 37.4 Å². The predicted molar refractivity (Wildman–Crippen MR) is 138 cm³/mol. The van der Waals surface area contributed by atoms with Crippen LogP contribution in [-0.4, -0.2) is 91.6 Å². The van der Waals surface area contributed by atoms with E-state index >= 15 is 0 Å². The Morgan fingerprint density at radius 2 is 2.16 bits per heavy atom. The zero-order valence-corrected chi connectivity index (χ0v) is 23.0. The number of aromatic nitrogens is 4. The number of carbonyl (C=O) groups is 3. The van der Waals surface area contributed by atoms with E-state index in [1.54, 1.807) is 0 Å². The zero-order valence-electron chi connectivity index (χ0n) is 19.7. The maximum absolute atomic E-state index is 12.8. The molecule has 4 rings (SSSR count). The molecule has 0 aromatic carbocycles. The van der Waals surface area contributed by atoms with Gasteiger partial charge in [0.2, 0.25) is 21.1 Å². The Kier molecular flexibility index (Phi) is 8.89. The first-order valence-corrected chi connectivity index (χ1v) is 15.8. The van der Waals surface area contributed by atoms with E-state index in [4.69, 9.17) is 0 Å². The molecule has 37 heavy (non-hydrogen) atoms. The summed E-state index contributed by atoms with van der Waals surface area (Å²) >= 11 is 3.99. The first-order chi connectivity index (χ1) is 17.7. The summed E-state index contributed by atoms with van der Waals surface area (Å²) in [7, 11) is -3.47. The Labute approximate surface area is 225 Å². The third-order valence-electron chi connectivity index (χ3n) is 5.50. The number of carboxylic acids is 1. The highest BCUT2D eigenvalue weighted by Gasteiger charge is 2.54. The van der Waals surface area contributed by atoms with Crippen LogP contribution in [0.25, 0.3) is 0 Å². The highest BCUT2D eigenvalue weighted by atomic mass is 32.2. The molecular weight excluding hydrogens is 563 g/mol. The van der Waals surface area contributed by atoms with Crippen molar-refractivity contribution >= 4 is 62.7 Å². The molecule has 2 atom stereocenters. The summed E-state index contributed by atoms with van der Waals surface area (Å²) in [5, 5.41) is 25.7. The first-order valence-electron chi connectivity index (χ1n) is 11.3. The molecule has 17 heteroatoms. The van der Waals surface area contributed by atoms with Gasteiger partial charge in [0, 0.05) is 22.9 Å². The predicted octanol–water partition coefficient (Wildman–Crippen LogP) is 0.137. The molecule has 200 valence electrons. The standard InChI is InChI=1S/C20H25N7O6S4/c1-2-5-21-37(32,33)8-6-26-20(23-24-25-26)36-11-12-10-35-18-15(17(29)27(18)16(12)19(30)31)22-14(28)9-13-4-3-7-34-13/h3-4,7,15,18,21H,2,5-6,8-11H2,1H3,(H,22,28)(H,30,31)/t15?,18-/m1/s1. The molecule has 3 N–H and O–H groups in total. The third kappa shape index (κ3) is 6.51. The normalized spacial score (nSPS) is 19.5. The SMILES string of the molecule is CCCNS(=O)(=O)CCn1nnnc1SCC1=C(C(=O)O)N2C(=O)C(NC(=O)Cc3cccs3)[C@H]2SC1. The number of tetrazole rings is 1. The molecule has 0 radical (unpaired) electrons. The minimum atomic E-state index is -3.47. The molecule has 2 amide bonds. The van der Waals surface area contributed by atoms with Gasteiger partial charge in [0.1, 0.15) is 17.1 Å². The van der Waals surface area contributed by atoms with Crippen LogP contribution in [0.1, 0.15) is 18.2 Å². The number of nitrogens with zero attached hydrogens (tertiary/aromatic N) is 5. The Morgan fingerprint density at radius 3 is 2.86 bits per heavy atom. The summed E-state index contributed by atoms with van der Waals surface area (Å²) in [5.74, 6) is -1.65. The van der Waals surface area contributed by atoms with Crippen molar-refractivity contribution < 1.29 is 27.9 Å². The Bertz CT molecular complexity index is 1290. The van der Waals surface area contributed by atoms with Gasteiger partial charge in [-0.3, -0.25) is 14.5 Å². The molecule has 2 aliphatic rings. The summed E-state index contributed by atoms with van der Waals surface area (Å²) in [6.45, 7) is 2.24. The number of fused-ring (bicyclic) bond motifs is 1. The number of carboxylic acid groups (broad SMARTS) is 1. The number of β-lactam (4-membered cyclic amide) rings is 1. The molecule has 13 nitrogen and oxygen atoms in total. The monoisotopic (exact) mass is 587 g/mol. The van der Waals surface area contributed by atoms with Gasteiger partial charge >= 0.3 is 5.97 Å². The molecule has 2 aliphatic heterocycles. The highest BCUT2D eigenvalue weighted by Crippen LogP contribution is 2.41. The van der Waals surface area contributed by atoms with E-state index in [0.29, 0.717) is 29.4 Å². The van der Waals surface area contributed by atoms with Crippen LogP contribution < -0.4 is 10.0 Å². The molecule has 0 saturated carbocycles. The molecule has 0 spiro atoms. The number of hydrogen-bond donors (Lipinski definition) is 3. The van der Waals surface area contributed by atoms with E-state index in [-0.39, 0.29) is 36.1 Å². The molecule has 4 heterocycles. The zero-order chi connectivity index (χ0) is 26.6. The quantitative estimate of drug-likeness (QED) is 0.215. The molecule has 0 bridgehead atoms. The average molecular weight is 588 g/mol. The van der Waals surface area contributed by atoms with Gasteiger partial charge in [0.05, 0.1) is 18.7 Å². The number of aliphatic carboxylic acids is 1. The van der Waals surface area contributed by atoms with Crippen molar-refractivity contribution in [1.82, 2.24) is 35.1 Å². The number of carbonyl (C=O) groups excluding carboxylic acids is 2. The van der Waals surface area contributed by atoms with E-state index in [1.807, 2.05) is 24.4 Å². The number of amides is 2. The van der Waals surface area contributed by atoms with Crippen LogP contribution in [0.2, 0.25) is 0 Å². The fourth-order valence-electron chi connectivity index (χ4n) is 3.72. The lowest BCUT2D eigenvalue weighted by Crippen LogP contribution is -2.70. The maximum atomic E-state index is 12.8. The molecule has 1 fully saturated rings. The number of thioether (sulfide) groups is 2. The topological polar surface area (TPSA) is 176 Å². The second-order valence-corrected chi connectivity index (χ2v) is 13.2. The summed E-state index contributed by atoms with van der Waals surface area (Å²) in [4.78, 5) is 39.4. The van der Waals surface area contributed by atoms with Gasteiger partial charge in [0.25, 0.3) is 5.91 Å². The molecule has 2 aromatic heterocycles. The molecular formula is C20H25N7O6S4. The van der Waals surface area contributed by atoms with Crippen molar-refractivity contribution in [2.24, 2.45) is 0 Å². The molecule has 1 saturated heterocycles. The molecule has 0 aliphatic carbocycles. The Hall–Kier alpha value is -2.47. The maximum Gasteiger partial charge on any atom is 0.352 e. The molecule has 2 aromatic rings. The van der Waals surface area contributed by atoms with E-state index in [1.165, 1.54) is 32.7 Å². The van der Waals surface area contributed by atoms with Crippen molar-refractivity contribution in [3.8, 4) is 0 Å². The van der Waals surface area contributed by atoms with E-state index in [0.717, 1.165) is 16.6 Å². The smallest absolute Gasteiger partial charge is 0.352 e. The summed E-state index contributed by atoms with van der Waals surface area (Å²) in [6.07, 6.45) is 0.833. The average Bonchev–Trinajstić information content (AvgIpc) is 3.54. The van der Waals surface area contributed by atoms with Crippen molar-refractivity contribution in [3.05, 3.63) is 33.7 Å². The van der Waals surface area contributed by atoms with Crippen LogP contribution in [0.3, 0.4) is 0 Å². The van der Waals surface area contributed by atoms with Crippen molar-refractivity contribution in [2.45, 2.75) is 42.9 Å². The van der Waals surface area contributed by atoms with E-state index in [9.17, 15) is 27.9 Å². The van der Waals surface area contributed by atoms with Crippen LogP contribution in [0.4, 0.5) is 0 Å². The van der Waals surface area contributed by atoms with E-state index < -0.39 is 33.3 Å². The van der Waals surface area contributed by atoms with Crippen LogP contribution in [0.5, 0.6) is 0 Å². The summed E-state index contributed by atoms with van der Waals surface area (Å²) in [5.41, 5.74) is 0.414. The lowest BCUT2D eigenvalue weighted by Gasteiger charge is -2.49. The fourth-order valence-corrected chi connectivity index (χ4v) is 7.88. The van der Waals surface area contributed by atoms with E-state index in [2.05, 4.69) is 25.6 Å². The fraction of sp³-hybridized carbons (Fsp3) is 0.500. The number of thiophene rings is 1. The highest BCUT2D eigenvalue weighted by molar-refractivity contribution is 8.01. The van der Waals surface area contributed by atoms with Crippen molar-refractivity contribution in [3.63, 3.8) is 0 Å². The summed E-state index contributed by atoms with van der Waals surface area (Å²) < 4.78 is 27.9. The number of aryl methyl sites for hydroxylation is 1. The van der Waals surface area contributed by atoms with Crippen molar-refractivity contribution in [1.29, 1.82) is 0 Å². The van der Waals surface area contributed by atoms with Gasteiger partial charge in [-0.2, -0.15) is 0 Å². The minimum Gasteiger partial charge on any atom is -0.477 e. The van der Waals surface area contributed by atoms with Gasteiger partial charge in [0.15, 0.2) is 0 Å². The summed E-state index contributed by atoms with van der Waals surface area (Å²) in [6, 6.07) is 2.90. The number of hydrogen-bond acceptors (Lipinski definition) is 11. The second kappa shape index (κ2) is 11.9. The lowest BCUT2D eigenvalue weighted by molar-refractivity contribution is -0.150. The Balaban J connectivity index is 1.38. The lowest BCUT2D eigenvalue weighted by atomic mass is 10.0. The first kappa shape index (κ1) is 27.6. The van der Waals surface area contributed by atoms with Crippen molar-refractivity contribution in [2.75, 3.05) is 23.8 Å². The largest absolute Gasteiger partial charge is 0.477 e. The van der Waals surface area contributed by atoms with Crippen LogP contribution in [0.15, 0.2) is 33.9 Å². The van der Waals surface area contributed by atoms with Gasteiger partial charge in [-0.25, -0.2) is 22.6 Å². The molecule has 1 unspecified atom stereocenters. The van der Waals surface area contributed by atoms with Gasteiger partial charge in [-0.1, -0.05) is 24.8 Å². The van der Waals surface area contributed by atoms with Gasteiger partial charge < -0.3 is 10.4 Å². The van der Waals surface area contributed by atoms with Gasteiger partial charge in [-0.15, -0.1) is 28.2 Å². The number of rotatable bonds is 13.